The van der Waals surface area contributed by atoms with Crippen molar-refractivity contribution in [3.63, 3.8) is 0 Å². The van der Waals surface area contributed by atoms with Crippen molar-refractivity contribution < 1.29 is 4.74 Å². The molecule has 0 aliphatic carbocycles. The zero-order valence-corrected chi connectivity index (χ0v) is 7.13. The van der Waals surface area contributed by atoms with E-state index in [9.17, 15) is 0 Å². The highest BCUT2D eigenvalue weighted by Gasteiger charge is 1.91. The Bertz CT molecular complexity index is 91.3. The summed E-state index contributed by atoms with van der Waals surface area (Å²) in [5.41, 5.74) is 0. The van der Waals surface area contributed by atoms with Crippen LogP contribution in [-0.4, -0.2) is 31.7 Å². The van der Waals surface area contributed by atoms with E-state index in [4.69, 9.17) is 4.74 Å². The van der Waals surface area contributed by atoms with Crippen LogP contribution in [0.3, 0.4) is 0 Å². The minimum atomic E-state index is 0.804. The second-order valence-electron chi connectivity index (χ2n) is 2.10. The van der Waals surface area contributed by atoms with Crippen LogP contribution < -0.4 is 0 Å². The second kappa shape index (κ2) is 6.62. The third-order valence-corrected chi connectivity index (χ3v) is 1.35. The predicted molar refractivity (Wildman–Crippen MR) is 43.9 cm³/mol. The molecule has 0 fully saturated rings. The first-order chi connectivity index (χ1) is 4.85. The smallest absolute Gasteiger partial charge is 0.0637 e. The third-order valence-electron chi connectivity index (χ3n) is 1.35. The van der Waals surface area contributed by atoms with E-state index in [0.717, 1.165) is 19.7 Å². The van der Waals surface area contributed by atoms with Crippen molar-refractivity contribution in [1.29, 1.82) is 0 Å². The van der Waals surface area contributed by atoms with Crippen LogP contribution in [0.2, 0.25) is 0 Å². The zero-order chi connectivity index (χ0) is 7.82. The number of rotatable bonds is 5. The van der Waals surface area contributed by atoms with Gasteiger partial charge in [-0.25, -0.2) is 0 Å². The van der Waals surface area contributed by atoms with E-state index in [1.807, 2.05) is 13.0 Å². The normalized spacial score (nSPS) is 10.7. The van der Waals surface area contributed by atoms with Gasteiger partial charge in [0.1, 0.15) is 0 Å². The molecule has 2 nitrogen and oxygen atoms in total. The number of hydrogen-bond acceptors (Lipinski definition) is 2. The van der Waals surface area contributed by atoms with Crippen molar-refractivity contribution in [3.05, 3.63) is 12.3 Å². The summed E-state index contributed by atoms with van der Waals surface area (Å²) in [6, 6.07) is 0. The summed E-state index contributed by atoms with van der Waals surface area (Å²) >= 11 is 0. The third kappa shape index (κ3) is 4.39. The second-order valence-corrected chi connectivity index (χ2v) is 2.10. The quantitative estimate of drug-likeness (QED) is 0.578. The number of hydrogen-bond donors (Lipinski definition) is 0. The van der Waals surface area contributed by atoms with Crippen LogP contribution in [0.5, 0.6) is 0 Å². The van der Waals surface area contributed by atoms with Crippen LogP contribution in [0.4, 0.5) is 0 Å². The molecule has 0 aromatic rings. The van der Waals surface area contributed by atoms with Gasteiger partial charge < -0.3 is 9.64 Å². The molecule has 2 heteroatoms. The average molecular weight is 143 g/mol. The first-order valence-electron chi connectivity index (χ1n) is 3.71. The van der Waals surface area contributed by atoms with Gasteiger partial charge in [0.15, 0.2) is 0 Å². The van der Waals surface area contributed by atoms with Crippen molar-refractivity contribution in [1.82, 2.24) is 4.90 Å². The molecule has 0 atom stereocenters. The molecule has 0 rings (SSSR count). The fraction of sp³-hybridized carbons (Fsp3) is 0.750. The average Bonchev–Trinajstić information content (AvgIpc) is 1.98. The molecule has 0 aromatic heterocycles. The number of methoxy groups -OCH3 is 1. The lowest BCUT2D eigenvalue weighted by Gasteiger charge is -2.16. The Balaban J connectivity index is 3.39. The molecule has 0 aliphatic rings. The van der Waals surface area contributed by atoms with E-state index < -0.39 is 0 Å². The fourth-order valence-electron chi connectivity index (χ4n) is 0.757. The van der Waals surface area contributed by atoms with Gasteiger partial charge in [-0.3, -0.25) is 0 Å². The molecule has 0 amide bonds. The molecule has 60 valence electrons. The SMILES string of the molecule is C/C=C/N(CC)CCOC. The zero-order valence-electron chi connectivity index (χ0n) is 7.13. The topological polar surface area (TPSA) is 12.5 Å². The highest BCUT2D eigenvalue weighted by atomic mass is 16.5. The van der Waals surface area contributed by atoms with Gasteiger partial charge in [-0.15, -0.1) is 0 Å². The largest absolute Gasteiger partial charge is 0.383 e. The lowest BCUT2D eigenvalue weighted by Crippen LogP contribution is -2.21. The first kappa shape index (κ1) is 9.50. The van der Waals surface area contributed by atoms with Crippen molar-refractivity contribution in [2.24, 2.45) is 0 Å². The number of likely N-dealkylation sites (N-methyl/N-ethyl adjacent to an activating group) is 1. The summed E-state index contributed by atoms with van der Waals surface area (Å²) < 4.78 is 4.94. The van der Waals surface area contributed by atoms with E-state index in [2.05, 4.69) is 18.0 Å². The molecular formula is C8H17NO. The Morgan fingerprint density at radius 1 is 1.50 bits per heavy atom. The van der Waals surface area contributed by atoms with Crippen LogP contribution in [0, 0.1) is 0 Å². The highest BCUT2D eigenvalue weighted by molar-refractivity contribution is 4.77. The Morgan fingerprint density at radius 3 is 2.60 bits per heavy atom. The van der Waals surface area contributed by atoms with E-state index in [1.165, 1.54) is 0 Å². The molecule has 0 aliphatic heterocycles. The van der Waals surface area contributed by atoms with E-state index in [0.29, 0.717) is 0 Å². The minimum absolute atomic E-state index is 0.804. The summed E-state index contributed by atoms with van der Waals surface area (Å²) in [6.07, 6.45) is 4.12. The van der Waals surface area contributed by atoms with Crippen molar-refractivity contribution in [2.45, 2.75) is 13.8 Å². The number of ether oxygens (including phenoxy) is 1. The van der Waals surface area contributed by atoms with Gasteiger partial charge >= 0.3 is 0 Å². The van der Waals surface area contributed by atoms with Crippen LogP contribution in [0.15, 0.2) is 12.3 Å². The molecule has 0 radical (unpaired) electrons. The molecular weight excluding hydrogens is 126 g/mol. The van der Waals surface area contributed by atoms with E-state index in [-0.39, 0.29) is 0 Å². The Morgan fingerprint density at radius 2 is 2.20 bits per heavy atom. The molecule has 0 heterocycles. The summed E-state index contributed by atoms with van der Waals surface area (Å²) in [6.45, 7) is 6.99. The maximum Gasteiger partial charge on any atom is 0.0637 e. The fourth-order valence-corrected chi connectivity index (χ4v) is 0.757. The van der Waals surface area contributed by atoms with Crippen molar-refractivity contribution in [3.8, 4) is 0 Å². The summed E-state index contributed by atoms with van der Waals surface area (Å²) in [5.74, 6) is 0. The van der Waals surface area contributed by atoms with Crippen LogP contribution >= 0.6 is 0 Å². The standard InChI is InChI=1S/C8H17NO/c1-4-6-9(5-2)7-8-10-3/h4,6H,5,7-8H2,1-3H3/b6-4+. The molecule has 0 bridgehead atoms. The lowest BCUT2D eigenvalue weighted by molar-refractivity contribution is 0.171. The van der Waals surface area contributed by atoms with Crippen LogP contribution in [0.25, 0.3) is 0 Å². The molecule has 0 saturated carbocycles. The number of nitrogens with zero attached hydrogens (tertiary/aromatic N) is 1. The molecule has 0 saturated heterocycles. The van der Waals surface area contributed by atoms with Gasteiger partial charge in [-0.05, 0) is 20.0 Å². The molecule has 0 N–H and O–H groups in total. The van der Waals surface area contributed by atoms with Gasteiger partial charge in [0.25, 0.3) is 0 Å². The van der Waals surface area contributed by atoms with Crippen molar-refractivity contribution >= 4 is 0 Å². The van der Waals surface area contributed by atoms with Gasteiger partial charge in [0, 0.05) is 20.2 Å². The molecule has 0 unspecified atom stereocenters. The number of allylic oxidation sites excluding steroid dienone is 1. The van der Waals surface area contributed by atoms with Crippen LogP contribution in [0.1, 0.15) is 13.8 Å². The van der Waals surface area contributed by atoms with Crippen molar-refractivity contribution in [2.75, 3.05) is 26.8 Å². The summed E-state index contributed by atoms with van der Waals surface area (Å²) in [4.78, 5) is 2.21. The highest BCUT2D eigenvalue weighted by Crippen LogP contribution is 1.88. The maximum absolute atomic E-state index is 4.94. The molecule has 0 aromatic carbocycles. The lowest BCUT2D eigenvalue weighted by atomic mass is 10.5. The van der Waals surface area contributed by atoms with E-state index >= 15 is 0 Å². The maximum atomic E-state index is 4.94. The van der Waals surface area contributed by atoms with E-state index in [1.54, 1.807) is 7.11 Å². The molecule has 10 heavy (non-hydrogen) atoms. The monoisotopic (exact) mass is 143 g/mol. The minimum Gasteiger partial charge on any atom is -0.383 e. The van der Waals surface area contributed by atoms with Gasteiger partial charge in [-0.2, -0.15) is 0 Å². The van der Waals surface area contributed by atoms with Gasteiger partial charge in [0.2, 0.25) is 0 Å². The first-order valence-corrected chi connectivity index (χ1v) is 3.71. The summed E-state index contributed by atoms with van der Waals surface area (Å²) in [7, 11) is 1.73. The van der Waals surface area contributed by atoms with Gasteiger partial charge in [-0.1, -0.05) is 6.08 Å². The Hall–Kier alpha value is -0.500. The van der Waals surface area contributed by atoms with Crippen LogP contribution in [-0.2, 0) is 4.74 Å². The predicted octanol–water partition coefficient (Wildman–Crippen LogP) is 1.49. The Labute approximate surface area is 63.5 Å². The Kier molecular flexibility index (Phi) is 6.29. The summed E-state index contributed by atoms with van der Waals surface area (Å²) in [5, 5.41) is 0. The van der Waals surface area contributed by atoms with Gasteiger partial charge in [0.05, 0.1) is 6.61 Å². The molecule has 0 spiro atoms.